The molecular weight excluding hydrogens is 214 g/mol. The van der Waals surface area contributed by atoms with Crippen molar-refractivity contribution < 1.29 is 0 Å². The lowest BCUT2D eigenvalue weighted by Crippen LogP contribution is -2.18. The van der Waals surface area contributed by atoms with E-state index in [1.807, 2.05) is 11.8 Å². The molecule has 0 aliphatic heterocycles. The van der Waals surface area contributed by atoms with Crippen molar-refractivity contribution in [2.45, 2.75) is 38.5 Å². The Morgan fingerprint density at radius 3 is 2.56 bits per heavy atom. The molecule has 1 atom stereocenters. The van der Waals surface area contributed by atoms with Crippen molar-refractivity contribution in [1.82, 2.24) is 5.32 Å². The van der Waals surface area contributed by atoms with Crippen LogP contribution in [0.4, 0.5) is 0 Å². The highest BCUT2D eigenvalue weighted by Crippen LogP contribution is 2.10. The number of rotatable bonds is 7. The van der Waals surface area contributed by atoms with Crippen molar-refractivity contribution in [3.05, 3.63) is 35.4 Å². The molecule has 16 heavy (non-hydrogen) atoms. The molecule has 90 valence electrons. The summed E-state index contributed by atoms with van der Waals surface area (Å²) in [4.78, 5) is 0. The molecule has 1 unspecified atom stereocenters. The third kappa shape index (κ3) is 4.58. The Morgan fingerprint density at radius 2 is 1.94 bits per heavy atom. The van der Waals surface area contributed by atoms with E-state index >= 15 is 0 Å². The van der Waals surface area contributed by atoms with E-state index in [1.54, 1.807) is 0 Å². The summed E-state index contributed by atoms with van der Waals surface area (Å²) >= 11 is 1.94. The van der Waals surface area contributed by atoms with Gasteiger partial charge in [-0.05, 0) is 36.8 Å². The summed E-state index contributed by atoms with van der Waals surface area (Å²) in [6, 6.07) is 8.70. The molecule has 0 saturated carbocycles. The van der Waals surface area contributed by atoms with E-state index in [0.717, 1.165) is 24.8 Å². The van der Waals surface area contributed by atoms with Gasteiger partial charge in [0, 0.05) is 11.8 Å². The fraction of sp³-hybridized carbons (Fsp3) is 0.571. The van der Waals surface area contributed by atoms with Crippen LogP contribution in [0.15, 0.2) is 24.3 Å². The lowest BCUT2D eigenvalue weighted by Gasteiger charge is -2.11. The molecule has 1 rings (SSSR count). The SMILES string of the molecule is CCc1ccccc1CNCCC(C)SC. The van der Waals surface area contributed by atoms with Crippen LogP contribution in [0.25, 0.3) is 0 Å². The van der Waals surface area contributed by atoms with Crippen molar-refractivity contribution in [2.75, 3.05) is 12.8 Å². The Morgan fingerprint density at radius 1 is 1.25 bits per heavy atom. The summed E-state index contributed by atoms with van der Waals surface area (Å²) in [6.45, 7) is 6.62. The summed E-state index contributed by atoms with van der Waals surface area (Å²) in [5.74, 6) is 0. The molecule has 0 saturated heterocycles. The molecule has 1 aromatic carbocycles. The maximum absolute atomic E-state index is 3.53. The predicted octanol–water partition coefficient (Wildman–Crippen LogP) is 3.48. The quantitative estimate of drug-likeness (QED) is 0.729. The number of benzene rings is 1. The summed E-state index contributed by atoms with van der Waals surface area (Å²) in [6.07, 6.45) is 4.55. The van der Waals surface area contributed by atoms with E-state index in [1.165, 1.54) is 17.5 Å². The van der Waals surface area contributed by atoms with Gasteiger partial charge in [-0.15, -0.1) is 0 Å². The molecule has 0 bridgehead atoms. The van der Waals surface area contributed by atoms with Gasteiger partial charge < -0.3 is 5.32 Å². The molecule has 0 fully saturated rings. The van der Waals surface area contributed by atoms with Crippen LogP contribution in [0, 0.1) is 0 Å². The fourth-order valence-corrected chi connectivity index (χ4v) is 2.07. The van der Waals surface area contributed by atoms with Gasteiger partial charge in [-0.2, -0.15) is 11.8 Å². The van der Waals surface area contributed by atoms with Gasteiger partial charge in [0.2, 0.25) is 0 Å². The minimum Gasteiger partial charge on any atom is -0.313 e. The molecule has 1 aromatic rings. The minimum absolute atomic E-state index is 0.758. The number of thioether (sulfide) groups is 1. The Bertz CT molecular complexity index is 299. The Kier molecular flexibility index (Phi) is 6.58. The minimum atomic E-state index is 0.758. The highest BCUT2D eigenvalue weighted by atomic mass is 32.2. The molecule has 0 radical (unpaired) electrons. The second-order valence-electron chi connectivity index (χ2n) is 4.13. The first-order chi connectivity index (χ1) is 7.77. The van der Waals surface area contributed by atoms with Crippen LogP contribution in [-0.4, -0.2) is 18.1 Å². The van der Waals surface area contributed by atoms with E-state index in [-0.39, 0.29) is 0 Å². The van der Waals surface area contributed by atoms with Gasteiger partial charge in [-0.1, -0.05) is 38.1 Å². The van der Waals surface area contributed by atoms with Gasteiger partial charge in [-0.3, -0.25) is 0 Å². The third-order valence-corrected chi connectivity index (χ3v) is 3.99. The molecular formula is C14H23NS. The number of nitrogens with one attached hydrogen (secondary N) is 1. The highest BCUT2D eigenvalue weighted by molar-refractivity contribution is 7.99. The highest BCUT2D eigenvalue weighted by Gasteiger charge is 2.00. The molecule has 0 heterocycles. The molecule has 0 aliphatic carbocycles. The Labute approximate surface area is 104 Å². The molecule has 0 aliphatic rings. The number of aryl methyl sites for hydroxylation is 1. The van der Waals surface area contributed by atoms with Gasteiger partial charge >= 0.3 is 0 Å². The van der Waals surface area contributed by atoms with Gasteiger partial charge in [0.15, 0.2) is 0 Å². The average molecular weight is 237 g/mol. The van der Waals surface area contributed by atoms with E-state index in [4.69, 9.17) is 0 Å². The van der Waals surface area contributed by atoms with Gasteiger partial charge in [0.25, 0.3) is 0 Å². The van der Waals surface area contributed by atoms with Crippen LogP contribution in [0.5, 0.6) is 0 Å². The van der Waals surface area contributed by atoms with Gasteiger partial charge in [0.05, 0.1) is 0 Å². The van der Waals surface area contributed by atoms with Crippen molar-refractivity contribution >= 4 is 11.8 Å². The fourth-order valence-electron chi connectivity index (χ4n) is 1.72. The van der Waals surface area contributed by atoms with E-state index in [9.17, 15) is 0 Å². The average Bonchev–Trinajstić information content (AvgIpc) is 2.34. The van der Waals surface area contributed by atoms with Crippen molar-refractivity contribution in [1.29, 1.82) is 0 Å². The zero-order chi connectivity index (χ0) is 11.8. The molecule has 2 heteroatoms. The maximum atomic E-state index is 3.53. The standard InChI is InChI=1S/C14H23NS/c1-4-13-7-5-6-8-14(13)11-15-10-9-12(2)16-3/h5-8,12,15H,4,9-11H2,1-3H3. The summed E-state index contributed by atoms with van der Waals surface area (Å²) in [5, 5.41) is 4.29. The van der Waals surface area contributed by atoms with Crippen molar-refractivity contribution in [3.8, 4) is 0 Å². The third-order valence-electron chi connectivity index (χ3n) is 2.94. The van der Waals surface area contributed by atoms with Crippen LogP contribution < -0.4 is 5.32 Å². The number of hydrogen-bond acceptors (Lipinski definition) is 2. The van der Waals surface area contributed by atoms with Crippen LogP contribution in [0.1, 0.15) is 31.4 Å². The predicted molar refractivity (Wildman–Crippen MR) is 75.1 cm³/mol. The zero-order valence-corrected chi connectivity index (χ0v) is 11.4. The Hall–Kier alpha value is -0.470. The normalized spacial score (nSPS) is 12.7. The van der Waals surface area contributed by atoms with Crippen LogP contribution >= 0.6 is 11.8 Å². The van der Waals surface area contributed by atoms with E-state index < -0.39 is 0 Å². The molecule has 1 nitrogen and oxygen atoms in total. The lowest BCUT2D eigenvalue weighted by molar-refractivity contribution is 0.645. The van der Waals surface area contributed by atoms with Gasteiger partial charge in [0.1, 0.15) is 0 Å². The van der Waals surface area contributed by atoms with E-state index in [2.05, 4.69) is 49.7 Å². The largest absolute Gasteiger partial charge is 0.313 e. The second kappa shape index (κ2) is 7.75. The van der Waals surface area contributed by atoms with Crippen molar-refractivity contribution in [2.24, 2.45) is 0 Å². The van der Waals surface area contributed by atoms with Crippen LogP contribution in [0.3, 0.4) is 0 Å². The molecule has 0 spiro atoms. The summed E-state index contributed by atoms with van der Waals surface area (Å²) in [5.41, 5.74) is 2.91. The van der Waals surface area contributed by atoms with Gasteiger partial charge in [-0.25, -0.2) is 0 Å². The monoisotopic (exact) mass is 237 g/mol. The summed E-state index contributed by atoms with van der Waals surface area (Å²) in [7, 11) is 0. The zero-order valence-electron chi connectivity index (χ0n) is 10.6. The first-order valence-corrected chi connectivity index (χ1v) is 7.37. The smallest absolute Gasteiger partial charge is 0.0208 e. The first kappa shape index (κ1) is 13.6. The Balaban J connectivity index is 2.31. The molecule has 1 N–H and O–H groups in total. The van der Waals surface area contributed by atoms with Crippen LogP contribution in [0.2, 0.25) is 0 Å². The topological polar surface area (TPSA) is 12.0 Å². The van der Waals surface area contributed by atoms with E-state index in [0.29, 0.717) is 0 Å². The van der Waals surface area contributed by atoms with Crippen molar-refractivity contribution in [3.63, 3.8) is 0 Å². The summed E-state index contributed by atoms with van der Waals surface area (Å²) < 4.78 is 0. The number of hydrogen-bond donors (Lipinski definition) is 1. The van der Waals surface area contributed by atoms with Crippen LogP contribution in [-0.2, 0) is 13.0 Å². The maximum Gasteiger partial charge on any atom is 0.0208 e. The lowest BCUT2D eigenvalue weighted by atomic mass is 10.1. The molecule has 0 aromatic heterocycles. The first-order valence-electron chi connectivity index (χ1n) is 6.08. The molecule has 0 amide bonds. The second-order valence-corrected chi connectivity index (χ2v) is 5.41.